The molecule has 96 valence electrons. The minimum absolute atomic E-state index is 0.336. The number of aliphatic hydroxyl groups excluding tert-OH is 1. The second-order valence-electron chi connectivity index (χ2n) is 4.82. The Labute approximate surface area is 108 Å². The van der Waals surface area contributed by atoms with Gasteiger partial charge in [0, 0.05) is 5.92 Å². The normalized spacial score (nSPS) is 25.0. The van der Waals surface area contributed by atoms with Gasteiger partial charge in [-0.05, 0) is 42.5 Å². The van der Waals surface area contributed by atoms with Gasteiger partial charge in [0.2, 0.25) is 0 Å². The summed E-state index contributed by atoms with van der Waals surface area (Å²) in [5.41, 5.74) is 3.28. The number of rotatable bonds is 4. The number of hydrogen-bond donors (Lipinski definition) is 1. The predicted molar refractivity (Wildman–Crippen MR) is 72.8 cm³/mol. The first-order chi connectivity index (χ1) is 8.74. The lowest BCUT2D eigenvalue weighted by molar-refractivity contribution is 0.224. The van der Waals surface area contributed by atoms with Crippen LogP contribution >= 0.6 is 0 Å². The quantitative estimate of drug-likeness (QED) is 0.769. The summed E-state index contributed by atoms with van der Waals surface area (Å²) in [7, 11) is 0. The van der Waals surface area contributed by atoms with Gasteiger partial charge in [-0.2, -0.15) is 0 Å². The lowest BCUT2D eigenvalue weighted by Gasteiger charge is -2.24. The molecular weight excluding hydrogens is 226 g/mol. The van der Waals surface area contributed by atoms with Crippen LogP contribution in [0.5, 0.6) is 0 Å². The molecule has 2 unspecified atom stereocenters. The maximum absolute atomic E-state index is 10.4. The average molecular weight is 245 g/mol. The minimum atomic E-state index is -0.336. The van der Waals surface area contributed by atoms with E-state index in [1.165, 1.54) is 11.1 Å². The highest BCUT2D eigenvalue weighted by atomic mass is 16.3. The van der Waals surface area contributed by atoms with E-state index in [1.807, 2.05) is 24.3 Å². The van der Waals surface area contributed by atoms with E-state index < -0.39 is 0 Å². The van der Waals surface area contributed by atoms with Gasteiger partial charge in [-0.3, -0.25) is 0 Å². The van der Waals surface area contributed by atoms with E-state index in [4.69, 9.17) is 0 Å². The van der Waals surface area contributed by atoms with Gasteiger partial charge >= 0.3 is 0 Å². The van der Waals surface area contributed by atoms with E-state index in [0.29, 0.717) is 18.0 Å². The molecule has 2 atom stereocenters. The highest BCUT2D eigenvalue weighted by molar-refractivity contribution is 5.36. The lowest BCUT2D eigenvalue weighted by Crippen LogP contribution is -2.12. The molecule has 0 spiro atoms. The van der Waals surface area contributed by atoms with Crippen molar-refractivity contribution < 1.29 is 5.11 Å². The lowest BCUT2D eigenvalue weighted by atomic mass is 9.82. The Morgan fingerprint density at radius 1 is 1.44 bits per heavy atom. The minimum Gasteiger partial charge on any atom is -0.389 e. The van der Waals surface area contributed by atoms with Gasteiger partial charge < -0.3 is 5.11 Å². The molecule has 0 aliphatic heterocycles. The Morgan fingerprint density at radius 2 is 2.28 bits per heavy atom. The van der Waals surface area contributed by atoms with Crippen LogP contribution in [-0.2, 0) is 0 Å². The molecule has 3 heteroatoms. The van der Waals surface area contributed by atoms with Crippen LogP contribution in [0.3, 0.4) is 0 Å². The zero-order valence-corrected chi connectivity index (χ0v) is 10.7. The molecule has 2 rings (SSSR count). The van der Waals surface area contributed by atoms with Crippen molar-refractivity contribution in [2.45, 2.75) is 38.7 Å². The molecule has 0 amide bonds. The van der Waals surface area contributed by atoms with Crippen molar-refractivity contribution in [2.75, 3.05) is 0 Å². The summed E-state index contributed by atoms with van der Waals surface area (Å²) in [6, 6.07) is 0. The van der Waals surface area contributed by atoms with Gasteiger partial charge in [0.15, 0.2) is 0 Å². The Kier molecular flexibility index (Phi) is 4.26. The van der Waals surface area contributed by atoms with E-state index in [1.54, 1.807) is 0 Å². The second-order valence-corrected chi connectivity index (χ2v) is 4.82. The third kappa shape index (κ3) is 2.85. The van der Waals surface area contributed by atoms with E-state index in [2.05, 4.69) is 18.2 Å². The molecule has 0 saturated carbocycles. The van der Waals surface area contributed by atoms with Crippen LogP contribution in [0.4, 0.5) is 0 Å². The fraction of sp³-hybridized carbons (Fsp3) is 0.467. The molecule has 0 aromatic heterocycles. The van der Waals surface area contributed by atoms with Crippen LogP contribution in [0.25, 0.3) is 0 Å². The number of aliphatic hydroxyl groups is 1. The first kappa shape index (κ1) is 13.0. The molecule has 3 nitrogen and oxygen atoms in total. The number of nitroso groups, excluding NO2 is 1. The molecule has 2 aliphatic carbocycles. The molecule has 0 fully saturated rings. The van der Waals surface area contributed by atoms with Gasteiger partial charge in [-0.25, -0.2) is 0 Å². The van der Waals surface area contributed by atoms with Crippen molar-refractivity contribution in [3.05, 3.63) is 52.1 Å². The summed E-state index contributed by atoms with van der Waals surface area (Å²) < 4.78 is 0. The largest absolute Gasteiger partial charge is 0.389 e. The predicted octanol–water partition coefficient (Wildman–Crippen LogP) is 3.63. The van der Waals surface area contributed by atoms with Crippen molar-refractivity contribution in [3.63, 3.8) is 0 Å². The first-order valence-corrected chi connectivity index (χ1v) is 6.54. The van der Waals surface area contributed by atoms with Crippen LogP contribution in [0.15, 0.2) is 52.4 Å². The summed E-state index contributed by atoms with van der Waals surface area (Å²) in [5, 5.41) is 12.5. The Bertz CT molecular complexity index is 443. The zero-order valence-electron chi connectivity index (χ0n) is 10.7. The summed E-state index contributed by atoms with van der Waals surface area (Å²) in [5.74, 6) is 0.401. The van der Waals surface area contributed by atoms with Crippen molar-refractivity contribution in [1.29, 1.82) is 0 Å². The van der Waals surface area contributed by atoms with Crippen LogP contribution in [-0.4, -0.2) is 11.2 Å². The second kappa shape index (κ2) is 5.91. The highest BCUT2D eigenvalue weighted by Gasteiger charge is 2.19. The smallest absolute Gasteiger partial charge is 0.0852 e. The Balaban J connectivity index is 2.15. The van der Waals surface area contributed by atoms with Crippen molar-refractivity contribution >= 4 is 0 Å². The summed E-state index contributed by atoms with van der Waals surface area (Å²) in [4.78, 5) is 10.4. The molecule has 2 aliphatic rings. The van der Waals surface area contributed by atoms with Crippen LogP contribution in [0, 0.1) is 10.8 Å². The van der Waals surface area contributed by atoms with Gasteiger partial charge in [0.05, 0.1) is 11.8 Å². The third-order valence-electron chi connectivity index (χ3n) is 3.64. The molecule has 1 N–H and O–H groups in total. The molecule has 0 bridgehead atoms. The zero-order chi connectivity index (χ0) is 13.0. The fourth-order valence-corrected chi connectivity index (χ4v) is 2.60. The molecule has 0 aromatic rings. The van der Waals surface area contributed by atoms with Gasteiger partial charge in [-0.1, -0.05) is 36.8 Å². The molecule has 0 heterocycles. The Hall–Kier alpha value is -1.48. The van der Waals surface area contributed by atoms with Crippen molar-refractivity contribution in [2.24, 2.45) is 11.1 Å². The van der Waals surface area contributed by atoms with E-state index in [-0.39, 0.29) is 6.10 Å². The number of allylic oxidation sites excluding steroid dienone is 6. The summed E-state index contributed by atoms with van der Waals surface area (Å²) in [6.07, 6.45) is 12.9. The topological polar surface area (TPSA) is 49.7 Å². The molecule has 0 saturated heterocycles. The van der Waals surface area contributed by atoms with Gasteiger partial charge in [0.25, 0.3) is 0 Å². The standard InChI is InChI=1S/C15H19NO2/c1-2-15(12-5-9-14(17)10-6-12)11-3-7-13(16-18)8-4-11/h3,5-7,9,14-15,17H,2,4,8,10H2,1H3. The molecular formula is C15H19NO2. The summed E-state index contributed by atoms with van der Waals surface area (Å²) in [6.45, 7) is 2.17. The van der Waals surface area contributed by atoms with Crippen molar-refractivity contribution in [3.8, 4) is 0 Å². The average Bonchev–Trinajstić information content (AvgIpc) is 2.42. The van der Waals surface area contributed by atoms with E-state index in [0.717, 1.165) is 19.3 Å². The van der Waals surface area contributed by atoms with Crippen LogP contribution in [0.2, 0.25) is 0 Å². The molecule has 0 radical (unpaired) electrons. The maximum Gasteiger partial charge on any atom is 0.0852 e. The Morgan fingerprint density at radius 3 is 2.78 bits per heavy atom. The maximum atomic E-state index is 10.4. The van der Waals surface area contributed by atoms with Gasteiger partial charge in [-0.15, -0.1) is 4.91 Å². The molecule has 18 heavy (non-hydrogen) atoms. The van der Waals surface area contributed by atoms with E-state index >= 15 is 0 Å². The molecule has 0 aromatic carbocycles. The number of nitrogens with zero attached hydrogens (tertiary/aromatic N) is 1. The van der Waals surface area contributed by atoms with Gasteiger partial charge in [0.1, 0.15) is 0 Å². The fourth-order valence-electron chi connectivity index (χ4n) is 2.60. The first-order valence-electron chi connectivity index (χ1n) is 6.54. The highest BCUT2D eigenvalue weighted by Crippen LogP contribution is 2.33. The van der Waals surface area contributed by atoms with E-state index in [9.17, 15) is 10.0 Å². The third-order valence-corrected chi connectivity index (χ3v) is 3.64. The van der Waals surface area contributed by atoms with Crippen LogP contribution < -0.4 is 0 Å². The van der Waals surface area contributed by atoms with Crippen LogP contribution in [0.1, 0.15) is 32.6 Å². The number of hydrogen-bond acceptors (Lipinski definition) is 3. The monoisotopic (exact) mass is 245 g/mol. The summed E-state index contributed by atoms with van der Waals surface area (Å²) >= 11 is 0. The van der Waals surface area contributed by atoms with Crippen molar-refractivity contribution in [1.82, 2.24) is 0 Å². The SMILES string of the molecule is CCC(C1=CCC(O)C=C1)C1=CC=C(N=O)CC1.